The topological polar surface area (TPSA) is 46.3 Å². The minimum atomic E-state index is 0.250. The third kappa shape index (κ3) is 4.97. The van der Waals surface area contributed by atoms with Crippen LogP contribution >= 0.6 is 0 Å². The molecule has 2 N–H and O–H groups in total. The predicted octanol–water partition coefficient (Wildman–Crippen LogP) is 2.79. The zero-order chi connectivity index (χ0) is 13.6. The summed E-state index contributed by atoms with van der Waals surface area (Å²) in [5.41, 5.74) is 5.97. The van der Waals surface area contributed by atoms with Gasteiger partial charge in [0.1, 0.15) is 0 Å². The van der Waals surface area contributed by atoms with E-state index < -0.39 is 0 Å². The minimum Gasteiger partial charge on any atom is -0.342 e. The lowest BCUT2D eigenvalue weighted by molar-refractivity contribution is -0.127. The molecule has 1 rings (SSSR count). The van der Waals surface area contributed by atoms with Crippen LogP contribution in [0.5, 0.6) is 0 Å². The van der Waals surface area contributed by atoms with Gasteiger partial charge in [-0.15, -0.1) is 0 Å². The van der Waals surface area contributed by atoms with Crippen LogP contribution < -0.4 is 5.73 Å². The van der Waals surface area contributed by atoms with Crippen LogP contribution in [-0.2, 0) is 4.79 Å². The summed E-state index contributed by atoms with van der Waals surface area (Å²) in [7, 11) is 0. The number of unbranched alkanes of at least 4 members (excludes halogenated alkanes) is 1. The highest BCUT2D eigenvalue weighted by atomic mass is 16.2. The Bertz CT molecular complexity index is 263. The molecule has 0 radical (unpaired) electrons. The van der Waals surface area contributed by atoms with Crippen LogP contribution in [0, 0.1) is 11.3 Å². The molecule has 0 aromatic carbocycles. The first-order chi connectivity index (χ1) is 8.48. The lowest BCUT2D eigenvalue weighted by Gasteiger charge is -2.23. The van der Waals surface area contributed by atoms with Gasteiger partial charge in [0.25, 0.3) is 0 Å². The Kier molecular flexibility index (Phi) is 6.13. The number of rotatable bonds is 8. The van der Waals surface area contributed by atoms with Gasteiger partial charge in [-0.2, -0.15) is 0 Å². The highest BCUT2D eigenvalue weighted by Crippen LogP contribution is 2.24. The average molecular weight is 254 g/mol. The third-order valence-electron chi connectivity index (χ3n) is 4.08. The van der Waals surface area contributed by atoms with Gasteiger partial charge in [-0.25, -0.2) is 0 Å². The Hall–Kier alpha value is -0.570. The van der Waals surface area contributed by atoms with Crippen molar-refractivity contribution < 1.29 is 4.79 Å². The highest BCUT2D eigenvalue weighted by Gasteiger charge is 2.28. The molecule has 106 valence electrons. The molecule has 1 aliphatic rings. The lowest BCUT2D eigenvalue weighted by atomic mass is 9.87. The van der Waals surface area contributed by atoms with Gasteiger partial charge < -0.3 is 10.6 Å². The van der Waals surface area contributed by atoms with Crippen molar-refractivity contribution in [1.82, 2.24) is 4.90 Å². The number of amides is 1. The highest BCUT2D eigenvalue weighted by molar-refractivity contribution is 5.78. The van der Waals surface area contributed by atoms with Crippen molar-refractivity contribution in [3.05, 3.63) is 0 Å². The smallest absolute Gasteiger partial charge is 0.222 e. The van der Waals surface area contributed by atoms with Gasteiger partial charge in [-0.3, -0.25) is 4.79 Å². The molecule has 1 heterocycles. The van der Waals surface area contributed by atoms with Crippen molar-refractivity contribution in [2.24, 2.45) is 17.1 Å². The largest absolute Gasteiger partial charge is 0.342 e. The van der Waals surface area contributed by atoms with Crippen LogP contribution in [-0.4, -0.2) is 30.4 Å². The minimum absolute atomic E-state index is 0.250. The molecule has 3 nitrogen and oxygen atoms in total. The Labute approximate surface area is 112 Å². The van der Waals surface area contributed by atoms with E-state index in [2.05, 4.69) is 25.7 Å². The van der Waals surface area contributed by atoms with Crippen molar-refractivity contribution in [2.45, 2.75) is 59.3 Å². The quantitative estimate of drug-likeness (QED) is 0.677. The number of carbonyl (C=O) groups is 1. The molecule has 1 atom stereocenters. The summed E-state index contributed by atoms with van der Waals surface area (Å²) in [6, 6.07) is 0. The first-order valence-electron chi connectivity index (χ1n) is 7.46. The van der Waals surface area contributed by atoms with Gasteiger partial charge in [0.2, 0.25) is 5.91 Å². The maximum Gasteiger partial charge on any atom is 0.222 e. The van der Waals surface area contributed by atoms with E-state index in [-0.39, 0.29) is 5.41 Å². The Balaban J connectivity index is 2.18. The molecule has 1 fully saturated rings. The molecule has 1 amide bonds. The van der Waals surface area contributed by atoms with E-state index in [1.165, 1.54) is 19.3 Å². The van der Waals surface area contributed by atoms with E-state index in [1.807, 2.05) is 0 Å². The van der Waals surface area contributed by atoms with Crippen molar-refractivity contribution >= 4 is 5.91 Å². The van der Waals surface area contributed by atoms with E-state index in [0.717, 1.165) is 38.9 Å². The van der Waals surface area contributed by atoms with Gasteiger partial charge in [-0.05, 0) is 37.1 Å². The van der Waals surface area contributed by atoms with Gasteiger partial charge in [0, 0.05) is 19.5 Å². The summed E-state index contributed by atoms with van der Waals surface area (Å²) in [5.74, 6) is 0.981. The summed E-state index contributed by atoms with van der Waals surface area (Å²) in [6.45, 7) is 9.31. The number of nitrogens with zero attached hydrogens (tertiary/aromatic N) is 1. The molecule has 0 aliphatic carbocycles. The van der Waals surface area contributed by atoms with E-state index in [4.69, 9.17) is 5.73 Å². The maximum absolute atomic E-state index is 11.8. The van der Waals surface area contributed by atoms with E-state index in [1.54, 1.807) is 0 Å². The summed E-state index contributed by atoms with van der Waals surface area (Å²) >= 11 is 0. The van der Waals surface area contributed by atoms with Gasteiger partial charge >= 0.3 is 0 Å². The molecule has 1 aliphatic heterocycles. The van der Waals surface area contributed by atoms with Crippen molar-refractivity contribution in [2.75, 3.05) is 19.6 Å². The number of hydrogen-bond acceptors (Lipinski definition) is 2. The molecule has 1 unspecified atom stereocenters. The molecule has 0 bridgehead atoms. The molecule has 3 heteroatoms. The van der Waals surface area contributed by atoms with E-state index in [9.17, 15) is 4.79 Å². The van der Waals surface area contributed by atoms with Crippen LogP contribution in [0.1, 0.15) is 59.3 Å². The van der Waals surface area contributed by atoms with Gasteiger partial charge in [0.05, 0.1) is 0 Å². The molecule has 18 heavy (non-hydrogen) atoms. The fraction of sp³-hybridized carbons (Fsp3) is 0.933. The number of likely N-dealkylation sites (tertiary alicyclic amines) is 1. The van der Waals surface area contributed by atoms with Crippen molar-refractivity contribution in [3.63, 3.8) is 0 Å². The van der Waals surface area contributed by atoms with Crippen LogP contribution in [0.3, 0.4) is 0 Å². The molecule has 0 saturated carbocycles. The van der Waals surface area contributed by atoms with Crippen LogP contribution in [0.15, 0.2) is 0 Å². The van der Waals surface area contributed by atoms with Crippen molar-refractivity contribution in [1.29, 1.82) is 0 Å². The first-order valence-corrected chi connectivity index (χ1v) is 7.46. The SMILES string of the molecule is CCCC1CC(=O)N(CCCCC(C)(C)CN)C1. The Morgan fingerprint density at radius 2 is 2.11 bits per heavy atom. The molecular weight excluding hydrogens is 224 g/mol. The van der Waals surface area contributed by atoms with E-state index >= 15 is 0 Å². The van der Waals surface area contributed by atoms with Crippen LogP contribution in [0.2, 0.25) is 0 Å². The summed E-state index contributed by atoms with van der Waals surface area (Å²) < 4.78 is 0. The fourth-order valence-corrected chi connectivity index (χ4v) is 2.68. The number of carbonyl (C=O) groups excluding carboxylic acids is 1. The molecule has 0 spiro atoms. The number of nitrogens with two attached hydrogens (primary N) is 1. The fourth-order valence-electron chi connectivity index (χ4n) is 2.68. The molecular formula is C15H30N2O. The van der Waals surface area contributed by atoms with Crippen LogP contribution in [0.25, 0.3) is 0 Å². The second-order valence-corrected chi connectivity index (χ2v) is 6.52. The summed E-state index contributed by atoms with van der Waals surface area (Å²) in [6.07, 6.45) is 6.62. The molecule has 1 saturated heterocycles. The number of hydrogen-bond donors (Lipinski definition) is 1. The average Bonchev–Trinajstić information content (AvgIpc) is 2.66. The predicted molar refractivity (Wildman–Crippen MR) is 76.3 cm³/mol. The zero-order valence-electron chi connectivity index (χ0n) is 12.4. The normalized spacial score (nSPS) is 20.8. The standard InChI is InChI=1S/C15H30N2O/c1-4-7-13-10-14(18)17(11-13)9-6-5-8-15(2,3)12-16/h13H,4-12,16H2,1-3H3. The second-order valence-electron chi connectivity index (χ2n) is 6.52. The van der Waals surface area contributed by atoms with Crippen LogP contribution in [0.4, 0.5) is 0 Å². The second kappa shape index (κ2) is 7.13. The Morgan fingerprint density at radius 1 is 1.39 bits per heavy atom. The van der Waals surface area contributed by atoms with Gasteiger partial charge in [0.15, 0.2) is 0 Å². The Morgan fingerprint density at radius 3 is 2.72 bits per heavy atom. The van der Waals surface area contributed by atoms with Gasteiger partial charge in [-0.1, -0.05) is 33.6 Å². The van der Waals surface area contributed by atoms with Crippen molar-refractivity contribution in [3.8, 4) is 0 Å². The monoisotopic (exact) mass is 254 g/mol. The zero-order valence-corrected chi connectivity index (χ0v) is 12.4. The van der Waals surface area contributed by atoms with E-state index in [0.29, 0.717) is 11.8 Å². The molecule has 0 aromatic rings. The lowest BCUT2D eigenvalue weighted by Crippen LogP contribution is -2.27. The summed E-state index contributed by atoms with van der Waals surface area (Å²) in [5, 5.41) is 0. The third-order valence-corrected chi connectivity index (χ3v) is 4.08. The summed E-state index contributed by atoms with van der Waals surface area (Å²) in [4.78, 5) is 13.9. The maximum atomic E-state index is 11.8. The molecule has 0 aromatic heterocycles. The first kappa shape index (κ1) is 15.5.